The third-order valence-electron chi connectivity index (χ3n) is 7.46. The standard InChI is InChI=1S/C25H24B2FN3O10/c26-22(35)20(33)29-21(34)23(36,25(22,27)39)31-12-15-14(19(31)32)2-1-3-18(15)41-24(37,38)16-10-13(4-5-17(16)28)11-30-6-8-40-9-7-30/h1-5,10,35-39H,6-9,11-12H2,(H,29,33,34). The van der Waals surface area contributed by atoms with Crippen LogP contribution in [0.1, 0.15) is 27.0 Å². The van der Waals surface area contributed by atoms with Crippen molar-refractivity contribution < 1.29 is 53.8 Å². The second kappa shape index (κ2) is 9.87. The molecule has 13 nitrogen and oxygen atoms in total. The van der Waals surface area contributed by atoms with E-state index in [1.807, 2.05) is 4.90 Å². The summed E-state index contributed by atoms with van der Waals surface area (Å²) in [6, 6.07) is 7.44. The van der Waals surface area contributed by atoms with Gasteiger partial charge in [-0.25, -0.2) is 4.39 Å². The Balaban J connectivity index is 1.45. The van der Waals surface area contributed by atoms with E-state index in [4.69, 9.17) is 25.2 Å². The number of ether oxygens (including phenoxy) is 2. The van der Waals surface area contributed by atoms with Gasteiger partial charge in [0.05, 0.1) is 25.3 Å². The van der Waals surface area contributed by atoms with Crippen molar-refractivity contribution in [2.45, 2.75) is 35.8 Å². The number of rotatable bonds is 6. The quantitative estimate of drug-likeness (QED) is 0.118. The van der Waals surface area contributed by atoms with Crippen LogP contribution in [0, 0.1) is 5.82 Å². The van der Waals surface area contributed by atoms with Crippen LogP contribution in [0.5, 0.6) is 5.75 Å². The fourth-order valence-electron chi connectivity index (χ4n) is 5.03. The second-order valence-corrected chi connectivity index (χ2v) is 10.1. The number of fused-ring (bicyclic) bond motifs is 1. The monoisotopic (exact) mass is 567 g/mol. The molecule has 2 saturated heterocycles. The number of imide groups is 1. The van der Waals surface area contributed by atoms with Gasteiger partial charge in [-0.2, -0.15) is 0 Å². The van der Waals surface area contributed by atoms with E-state index in [1.165, 1.54) is 30.3 Å². The average molecular weight is 567 g/mol. The third kappa shape index (κ3) is 4.52. The smallest absolute Gasteiger partial charge is 0.354 e. The number of hydrogen-bond donors (Lipinski definition) is 6. The van der Waals surface area contributed by atoms with Crippen molar-refractivity contribution in [2.24, 2.45) is 0 Å². The number of carbonyl (C=O) groups excluding carboxylic acids is 3. The summed E-state index contributed by atoms with van der Waals surface area (Å²) in [5.41, 5.74) is -10.9. The summed E-state index contributed by atoms with van der Waals surface area (Å²) < 4.78 is 25.5. The van der Waals surface area contributed by atoms with Crippen LogP contribution < -0.4 is 10.1 Å². The lowest BCUT2D eigenvalue weighted by molar-refractivity contribution is -0.305. The molecule has 0 aromatic heterocycles. The first-order valence-corrected chi connectivity index (χ1v) is 12.4. The molecule has 3 heterocycles. The molecule has 3 aliphatic rings. The van der Waals surface area contributed by atoms with Crippen LogP contribution in [0.4, 0.5) is 4.39 Å². The van der Waals surface area contributed by atoms with Crippen molar-refractivity contribution in [3.05, 3.63) is 64.5 Å². The summed E-state index contributed by atoms with van der Waals surface area (Å²) in [4.78, 5) is 40.3. The van der Waals surface area contributed by atoms with Gasteiger partial charge in [0, 0.05) is 30.8 Å². The number of hydrogen-bond acceptors (Lipinski definition) is 11. The number of amides is 3. The molecule has 3 unspecified atom stereocenters. The predicted molar refractivity (Wildman–Crippen MR) is 135 cm³/mol. The number of carbonyl (C=O) groups is 3. The molecule has 212 valence electrons. The number of aliphatic hydroxyl groups is 5. The third-order valence-corrected chi connectivity index (χ3v) is 7.46. The molecule has 2 fully saturated rings. The molecule has 0 bridgehead atoms. The summed E-state index contributed by atoms with van der Waals surface area (Å²) in [5.74, 6) is -9.05. The lowest BCUT2D eigenvalue weighted by Gasteiger charge is -2.54. The molecule has 3 atom stereocenters. The molecule has 2 aromatic rings. The van der Waals surface area contributed by atoms with E-state index in [-0.39, 0.29) is 16.9 Å². The molecule has 41 heavy (non-hydrogen) atoms. The highest BCUT2D eigenvalue weighted by atomic mass is 19.1. The Morgan fingerprint density at radius 1 is 1.05 bits per heavy atom. The van der Waals surface area contributed by atoms with Gasteiger partial charge in [-0.05, 0) is 29.8 Å². The Kier molecular flexibility index (Phi) is 7.02. The minimum absolute atomic E-state index is 0.135. The molecule has 3 amide bonds. The SMILES string of the molecule is [B]C1(O)C(=O)NC(=O)C(O)(N2Cc3c(OC(O)(O)c4cc(CN5CCOCC5)ccc4F)cccc3C2=O)C1([B])O. The van der Waals surface area contributed by atoms with Crippen molar-refractivity contribution in [3.8, 4) is 5.75 Å². The largest absolute Gasteiger partial charge is 0.435 e. The topological polar surface area (TPSA) is 189 Å². The Bertz CT molecular complexity index is 1430. The van der Waals surface area contributed by atoms with Gasteiger partial charge >= 0.3 is 5.97 Å². The van der Waals surface area contributed by atoms with Crippen LogP contribution in [0.3, 0.4) is 0 Å². The molecule has 0 saturated carbocycles. The maximum atomic E-state index is 14.8. The van der Waals surface area contributed by atoms with Crippen molar-refractivity contribution in [1.29, 1.82) is 0 Å². The summed E-state index contributed by atoms with van der Waals surface area (Å²) in [6.45, 7) is 1.92. The molecule has 16 heteroatoms. The number of nitrogens with one attached hydrogen (secondary N) is 1. The van der Waals surface area contributed by atoms with Crippen molar-refractivity contribution in [3.63, 3.8) is 0 Å². The van der Waals surface area contributed by atoms with E-state index in [0.717, 1.165) is 6.07 Å². The minimum atomic E-state index is -3.60. The van der Waals surface area contributed by atoms with Gasteiger partial charge in [0.25, 0.3) is 17.7 Å². The molecule has 3 aliphatic heterocycles. The van der Waals surface area contributed by atoms with E-state index < -0.39 is 58.3 Å². The first-order chi connectivity index (χ1) is 19.1. The molecule has 4 radical (unpaired) electrons. The van der Waals surface area contributed by atoms with Crippen LogP contribution >= 0.6 is 0 Å². The lowest BCUT2D eigenvalue weighted by Crippen LogP contribution is -2.86. The second-order valence-electron chi connectivity index (χ2n) is 10.1. The zero-order valence-corrected chi connectivity index (χ0v) is 21.4. The van der Waals surface area contributed by atoms with Gasteiger partial charge in [-0.3, -0.25) is 29.5 Å². The minimum Gasteiger partial charge on any atom is -0.435 e. The summed E-state index contributed by atoms with van der Waals surface area (Å²) in [5, 5.41) is 55.4. The van der Waals surface area contributed by atoms with E-state index in [0.29, 0.717) is 43.3 Å². The van der Waals surface area contributed by atoms with E-state index in [1.54, 1.807) is 5.32 Å². The van der Waals surface area contributed by atoms with Gasteiger partial charge in [0.15, 0.2) is 0 Å². The highest BCUT2D eigenvalue weighted by Gasteiger charge is 2.70. The Morgan fingerprint density at radius 3 is 2.41 bits per heavy atom. The maximum Gasteiger partial charge on any atom is 0.354 e. The highest BCUT2D eigenvalue weighted by molar-refractivity contribution is 6.39. The highest BCUT2D eigenvalue weighted by Crippen LogP contribution is 2.43. The Labute approximate surface area is 234 Å². The lowest BCUT2D eigenvalue weighted by atomic mass is 9.51. The first-order valence-electron chi connectivity index (χ1n) is 12.4. The zero-order chi connectivity index (χ0) is 30.0. The Morgan fingerprint density at radius 2 is 1.73 bits per heavy atom. The van der Waals surface area contributed by atoms with Crippen LogP contribution in [-0.4, -0.2) is 112 Å². The van der Waals surface area contributed by atoms with Gasteiger partial charge in [0.1, 0.15) is 38.3 Å². The summed E-state index contributed by atoms with van der Waals surface area (Å²) in [6.07, 6.45) is 0. The van der Waals surface area contributed by atoms with Crippen LogP contribution in [0.15, 0.2) is 36.4 Å². The number of benzene rings is 2. The molecule has 6 N–H and O–H groups in total. The fourth-order valence-corrected chi connectivity index (χ4v) is 5.03. The van der Waals surface area contributed by atoms with Gasteiger partial charge in [-0.1, -0.05) is 12.1 Å². The van der Waals surface area contributed by atoms with Gasteiger partial charge < -0.3 is 35.0 Å². The molecular formula is C25H24B2FN3O10. The number of piperidine rings is 1. The summed E-state index contributed by atoms with van der Waals surface area (Å²) in [7, 11) is 11.0. The van der Waals surface area contributed by atoms with Crippen LogP contribution in [0.25, 0.3) is 0 Å². The molecule has 0 spiro atoms. The van der Waals surface area contributed by atoms with Crippen LogP contribution in [-0.2, 0) is 33.4 Å². The average Bonchev–Trinajstić information content (AvgIpc) is 3.26. The normalized spacial score (nSPS) is 28.9. The number of morpholine rings is 1. The molecule has 0 aliphatic carbocycles. The van der Waals surface area contributed by atoms with E-state index in [2.05, 4.69) is 0 Å². The van der Waals surface area contributed by atoms with Gasteiger partial charge in [0.2, 0.25) is 5.72 Å². The molecule has 5 rings (SSSR count). The molecular weight excluding hydrogens is 543 g/mol. The van der Waals surface area contributed by atoms with Crippen molar-refractivity contribution >= 4 is 33.4 Å². The fraction of sp³-hybridized carbons (Fsp3) is 0.400. The van der Waals surface area contributed by atoms with E-state index >= 15 is 0 Å². The zero-order valence-electron chi connectivity index (χ0n) is 21.4. The maximum absolute atomic E-state index is 14.8. The van der Waals surface area contributed by atoms with Gasteiger partial charge in [-0.15, -0.1) is 0 Å². The van der Waals surface area contributed by atoms with Crippen molar-refractivity contribution in [1.82, 2.24) is 15.1 Å². The molecule has 2 aromatic carbocycles. The van der Waals surface area contributed by atoms with E-state index in [9.17, 15) is 44.3 Å². The van der Waals surface area contributed by atoms with Crippen molar-refractivity contribution in [2.75, 3.05) is 26.3 Å². The number of nitrogens with zero attached hydrogens (tertiary/aromatic N) is 2. The van der Waals surface area contributed by atoms with Crippen LogP contribution in [0.2, 0.25) is 0 Å². The number of halogens is 1. The Hall–Kier alpha value is -3.37. The summed E-state index contributed by atoms with van der Waals surface area (Å²) >= 11 is 0. The predicted octanol–water partition coefficient (Wildman–Crippen LogP) is -3.15. The first kappa shape index (κ1) is 29.1.